The molecule has 84 valence electrons. The van der Waals surface area contributed by atoms with Crippen LogP contribution in [0.3, 0.4) is 0 Å². The average molecular weight is 229 g/mol. The fraction of sp³-hybridized carbons (Fsp3) is 0. The smallest absolute Gasteiger partial charge is 0.255 e. The highest BCUT2D eigenvalue weighted by Crippen LogP contribution is 2.26. The van der Waals surface area contributed by atoms with Crippen molar-refractivity contribution in [3.05, 3.63) is 42.5 Å². The van der Waals surface area contributed by atoms with Gasteiger partial charge < -0.3 is 5.73 Å². The predicted molar refractivity (Wildman–Crippen MR) is 60.6 cm³/mol. The molecule has 17 heavy (non-hydrogen) atoms. The SMILES string of the molecule is Nc1c(F)cccc1-c1nnc2ncccn12. The summed E-state index contributed by atoms with van der Waals surface area (Å²) in [6, 6.07) is 6.33. The first kappa shape index (κ1) is 9.71. The van der Waals surface area contributed by atoms with Crippen LogP contribution in [0.15, 0.2) is 36.7 Å². The molecule has 2 heterocycles. The molecule has 0 saturated carbocycles. The Bertz CT molecular complexity index is 691. The van der Waals surface area contributed by atoms with E-state index < -0.39 is 5.82 Å². The Labute approximate surface area is 95.7 Å². The lowest BCUT2D eigenvalue weighted by molar-refractivity contribution is 0.633. The zero-order valence-corrected chi connectivity index (χ0v) is 8.71. The summed E-state index contributed by atoms with van der Waals surface area (Å²) in [6.45, 7) is 0. The van der Waals surface area contributed by atoms with E-state index in [0.717, 1.165) is 0 Å². The van der Waals surface area contributed by atoms with Crippen LogP contribution in [-0.4, -0.2) is 19.6 Å². The molecule has 0 atom stereocenters. The number of fused-ring (bicyclic) bond motifs is 1. The summed E-state index contributed by atoms with van der Waals surface area (Å²) in [5, 5.41) is 7.86. The van der Waals surface area contributed by atoms with E-state index in [0.29, 0.717) is 17.2 Å². The molecule has 3 aromatic rings. The first-order chi connectivity index (χ1) is 8.27. The van der Waals surface area contributed by atoms with Crippen molar-refractivity contribution in [2.24, 2.45) is 0 Å². The summed E-state index contributed by atoms with van der Waals surface area (Å²) in [5.74, 6) is 0.458. The van der Waals surface area contributed by atoms with Crippen molar-refractivity contribution < 1.29 is 4.39 Å². The fourth-order valence-corrected chi connectivity index (χ4v) is 1.66. The van der Waals surface area contributed by atoms with Gasteiger partial charge in [-0.2, -0.15) is 0 Å². The van der Waals surface area contributed by atoms with E-state index in [-0.39, 0.29) is 5.69 Å². The van der Waals surface area contributed by atoms with Gasteiger partial charge in [0.2, 0.25) is 0 Å². The minimum absolute atomic E-state index is 0.0608. The molecule has 0 amide bonds. The number of anilines is 1. The van der Waals surface area contributed by atoms with Crippen molar-refractivity contribution in [3.8, 4) is 11.4 Å². The van der Waals surface area contributed by atoms with Gasteiger partial charge in [0.25, 0.3) is 5.78 Å². The molecule has 0 spiro atoms. The average Bonchev–Trinajstić information content (AvgIpc) is 2.77. The van der Waals surface area contributed by atoms with E-state index in [9.17, 15) is 4.39 Å². The highest BCUT2D eigenvalue weighted by Gasteiger charge is 2.13. The molecule has 0 bridgehead atoms. The van der Waals surface area contributed by atoms with Gasteiger partial charge in [0.05, 0.1) is 5.69 Å². The third-order valence-electron chi connectivity index (χ3n) is 2.48. The first-order valence-electron chi connectivity index (χ1n) is 4.97. The van der Waals surface area contributed by atoms with Crippen molar-refractivity contribution in [1.29, 1.82) is 0 Å². The van der Waals surface area contributed by atoms with Gasteiger partial charge in [0.1, 0.15) is 5.82 Å². The Hall–Kier alpha value is -2.50. The summed E-state index contributed by atoms with van der Waals surface area (Å²) >= 11 is 0. The van der Waals surface area contributed by atoms with Crippen LogP contribution in [0, 0.1) is 5.82 Å². The monoisotopic (exact) mass is 229 g/mol. The summed E-state index contributed by atoms with van der Waals surface area (Å²) in [5.41, 5.74) is 6.25. The van der Waals surface area contributed by atoms with Crippen molar-refractivity contribution in [1.82, 2.24) is 19.6 Å². The van der Waals surface area contributed by atoms with E-state index in [1.54, 1.807) is 35.0 Å². The lowest BCUT2D eigenvalue weighted by Crippen LogP contribution is -1.97. The molecule has 0 aliphatic heterocycles. The zero-order valence-electron chi connectivity index (χ0n) is 8.71. The molecular weight excluding hydrogens is 221 g/mol. The first-order valence-corrected chi connectivity index (χ1v) is 4.97. The Morgan fingerprint density at radius 2 is 2.06 bits per heavy atom. The van der Waals surface area contributed by atoms with E-state index in [2.05, 4.69) is 15.2 Å². The van der Waals surface area contributed by atoms with Crippen molar-refractivity contribution in [3.63, 3.8) is 0 Å². The van der Waals surface area contributed by atoms with Crippen LogP contribution in [-0.2, 0) is 0 Å². The summed E-state index contributed by atoms with van der Waals surface area (Å²) in [7, 11) is 0. The van der Waals surface area contributed by atoms with E-state index in [4.69, 9.17) is 5.73 Å². The molecule has 0 fully saturated rings. The third kappa shape index (κ3) is 1.42. The molecule has 2 aromatic heterocycles. The van der Waals surface area contributed by atoms with Crippen LogP contribution in [0.4, 0.5) is 10.1 Å². The second-order valence-electron chi connectivity index (χ2n) is 3.51. The van der Waals surface area contributed by atoms with Crippen LogP contribution < -0.4 is 5.73 Å². The number of nitrogen functional groups attached to an aromatic ring is 1. The van der Waals surface area contributed by atoms with E-state index in [1.807, 2.05) is 0 Å². The maximum absolute atomic E-state index is 13.4. The van der Waals surface area contributed by atoms with Gasteiger partial charge in [0, 0.05) is 18.0 Å². The lowest BCUT2D eigenvalue weighted by Gasteiger charge is -2.04. The topological polar surface area (TPSA) is 69.1 Å². The fourth-order valence-electron chi connectivity index (χ4n) is 1.66. The highest BCUT2D eigenvalue weighted by atomic mass is 19.1. The Morgan fingerprint density at radius 3 is 2.94 bits per heavy atom. The van der Waals surface area contributed by atoms with Gasteiger partial charge >= 0.3 is 0 Å². The molecular formula is C11H8FN5. The number of nitrogens with zero attached hydrogens (tertiary/aromatic N) is 4. The van der Waals surface area contributed by atoms with Gasteiger partial charge in [0.15, 0.2) is 5.82 Å². The molecule has 1 aromatic carbocycles. The molecule has 0 saturated heterocycles. The van der Waals surface area contributed by atoms with Crippen molar-refractivity contribution >= 4 is 11.5 Å². The minimum atomic E-state index is -0.469. The maximum Gasteiger partial charge on any atom is 0.255 e. The Balaban J connectivity index is 2.31. The van der Waals surface area contributed by atoms with Gasteiger partial charge in [-0.25, -0.2) is 9.37 Å². The second-order valence-corrected chi connectivity index (χ2v) is 3.51. The van der Waals surface area contributed by atoms with Gasteiger partial charge in [-0.1, -0.05) is 6.07 Å². The highest BCUT2D eigenvalue weighted by molar-refractivity contribution is 5.72. The number of hydrogen-bond donors (Lipinski definition) is 1. The summed E-state index contributed by atoms with van der Waals surface area (Å²) in [4.78, 5) is 4.03. The molecule has 0 radical (unpaired) electrons. The number of para-hydroxylation sites is 1. The molecule has 2 N–H and O–H groups in total. The molecule has 0 aliphatic carbocycles. The number of rotatable bonds is 1. The van der Waals surface area contributed by atoms with E-state index >= 15 is 0 Å². The normalized spacial score (nSPS) is 10.9. The molecule has 0 aliphatic rings. The predicted octanol–water partition coefficient (Wildman–Crippen LogP) is 1.51. The number of halogens is 1. The number of nitrogens with two attached hydrogens (primary N) is 1. The number of hydrogen-bond acceptors (Lipinski definition) is 4. The quantitative estimate of drug-likeness (QED) is 0.642. The van der Waals surface area contributed by atoms with Crippen LogP contribution in [0.5, 0.6) is 0 Å². The molecule has 0 unspecified atom stereocenters. The second kappa shape index (κ2) is 3.51. The van der Waals surface area contributed by atoms with E-state index in [1.165, 1.54) is 6.07 Å². The zero-order chi connectivity index (χ0) is 11.8. The number of benzene rings is 1. The summed E-state index contributed by atoms with van der Waals surface area (Å²) in [6.07, 6.45) is 3.37. The van der Waals surface area contributed by atoms with Gasteiger partial charge in [-0.15, -0.1) is 10.2 Å². The van der Waals surface area contributed by atoms with Crippen LogP contribution in [0.2, 0.25) is 0 Å². The maximum atomic E-state index is 13.4. The Kier molecular flexibility index (Phi) is 2.01. The number of aromatic nitrogens is 4. The van der Waals surface area contributed by atoms with Crippen LogP contribution >= 0.6 is 0 Å². The lowest BCUT2D eigenvalue weighted by atomic mass is 10.1. The van der Waals surface area contributed by atoms with Crippen molar-refractivity contribution in [2.45, 2.75) is 0 Å². The Morgan fingerprint density at radius 1 is 1.18 bits per heavy atom. The molecule has 6 heteroatoms. The molecule has 5 nitrogen and oxygen atoms in total. The van der Waals surface area contributed by atoms with Crippen LogP contribution in [0.1, 0.15) is 0 Å². The standard InChI is InChI=1S/C11H8FN5/c12-8-4-1-3-7(9(8)13)10-15-16-11-14-5-2-6-17(10)11/h1-6H,13H2. The third-order valence-corrected chi connectivity index (χ3v) is 2.48. The van der Waals surface area contributed by atoms with Crippen LogP contribution in [0.25, 0.3) is 17.2 Å². The van der Waals surface area contributed by atoms with Crippen molar-refractivity contribution in [2.75, 3.05) is 5.73 Å². The largest absolute Gasteiger partial charge is 0.396 e. The van der Waals surface area contributed by atoms with Gasteiger partial charge in [-0.3, -0.25) is 4.40 Å². The molecule has 3 rings (SSSR count). The minimum Gasteiger partial charge on any atom is -0.396 e. The van der Waals surface area contributed by atoms with Gasteiger partial charge in [-0.05, 0) is 18.2 Å². The summed E-state index contributed by atoms with van der Waals surface area (Å²) < 4.78 is 15.0.